The van der Waals surface area contributed by atoms with E-state index in [4.69, 9.17) is 4.74 Å². The first-order valence-corrected chi connectivity index (χ1v) is 6.14. The second-order valence-corrected chi connectivity index (χ2v) is 4.48. The second kappa shape index (κ2) is 5.39. The van der Waals surface area contributed by atoms with Gasteiger partial charge in [-0.1, -0.05) is 6.08 Å². The molecule has 1 unspecified atom stereocenters. The summed E-state index contributed by atoms with van der Waals surface area (Å²) in [5.74, 6) is 0. The average Bonchev–Trinajstić information content (AvgIpc) is 2.76. The van der Waals surface area contributed by atoms with E-state index in [1.54, 1.807) is 11.3 Å². The highest BCUT2D eigenvalue weighted by molar-refractivity contribution is 7.09. The second-order valence-electron chi connectivity index (χ2n) is 3.59. The molecular formula is C11H16N2OS. The highest BCUT2D eigenvalue weighted by Crippen LogP contribution is 2.20. The molecule has 0 saturated carbocycles. The standard InChI is InChI=1S/C11H16N2OS/c1-2-3-4-9-8-15-11(13-9)10-7-14-6-5-12-10/h2,8,10,12H,1,3-7H2. The lowest BCUT2D eigenvalue weighted by atomic mass is 10.2. The molecule has 4 heteroatoms. The fourth-order valence-corrected chi connectivity index (χ4v) is 2.48. The van der Waals surface area contributed by atoms with Crippen molar-refractivity contribution in [3.8, 4) is 0 Å². The maximum atomic E-state index is 5.41. The molecule has 1 aliphatic heterocycles. The van der Waals surface area contributed by atoms with Crippen molar-refractivity contribution < 1.29 is 4.74 Å². The quantitative estimate of drug-likeness (QED) is 0.793. The molecule has 82 valence electrons. The first kappa shape index (κ1) is 10.8. The van der Waals surface area contributed by atoms with Crippen LogP contribution in [-0.4, -0.2) is 24.7 Å². The molecule has 0 aromatic carbocycles. The number of ether oxygens (including phenoxy) is 1. The van der Waals surface area contributed by atoms with Gasteiger partial charge in [-0.05, 0) is 12.8 Å². The van der Waals surface area contributed by atoms with Gasteiger partial charge >= 0.3 is 0 Å². The van der Waals surface area contributed by atoms with Gasteiger partial charge in [-0.25, -0.2) is 4.98 Å². The summed E-state index contributed by atoms with van der Waals surface area (Å²) < 4.78 is 5.41. The SMILES string of the molecule is C=CCCc1csc(C2COCCN2)n1. The number of hydrogen-bond donors (Lipinski definition) is 1. The van der Waals surface area contributed by atoms with Crippen molar-refractivity contribution in [3.05, 3.63) is 28.7 Å². The van der Waals surface area contributed by atoms with E-state index in [1.165, 1.54) is 5.69 Å². The number of rotatable bonds is 4. The Hall–Kier alpha value is -0.710. The maximum Gasteiger partial charge on any atom is 0.112 e. The van der Waals surface area contributed by atoms with Gasteiger partial charge in [0.15, 0.2) is 0 Å². The van der Waals surface area contributed by atoms with Crippen LogP contribution in [0.1, 0.15) is 23.2 Å². The van der Waals surface area contributed by atoms with Gasteiger partial charge in [-0.3, -0.25) is 0 Å². The number of aryl methyl sites for hydroxylation is 1. The maximum absolute atomic E-state index is 5.41. The third-order valence-electron chi connectivity index (χ3n) is 2.39. The minimum absolute atomic E-state index is 0.293. The molecule has 1 atom stereocenters. The Morgan fingerprint density at radius 1 is 1.73 bits per heavy atom. The lowest BCUT2D eigenvalue weighted by Gasteiger charge is -2.21. The molecular weight excluding hydrogens is 208 g/mol. The molecule has 2 rings (SSSR count). The van der Waals surface area contributed by atoms with Gasteiger partial charge in [0.2, 0.25) is 0 Å². The average molecular weight is 224 g/mol. The summed E-state index contributed by atoms with van der Waals surface area (Å²) in [6.07, 6.45) is 3.92. The molecule has 1 aromatic heterocycles. The molecule has 2 heterocycles. The number of allylic oxidation sites excluding steroid dienone is 1. The summed E-state index contributed by atoms with van der Waals surface area (Å²) in [6, 6.07) is 0.293. The Bertz CT molecular complexity index is 318. The van der Waals surface area contributed by atoms with Crippen LogP contribution in [0, 0.1) is 0 Å². The van der Waals surface area contributed by atoms with E-state index >= 15 is 0 Å². The van der Waals surface area contributed by atoms with E-state index in [-0.39, 0.29) is 0 Å². The van der Waals surface area contributed by atoms with E-state index in [2.05, 4.69) is 22.3 Å². The highest BCUT2D eigenvalue weighted by Gasteiger charge is 2.18. The van der Waals surface area contributed by atoms with Gasteiger partial charge in [0.05, 0.1) is 24.9 Å². The Morgan fingerprint density at radius 2 is 2.67 bits per heavy atom. The Balaban J connectivity index is 1.95. The molecule has 1 aromatic rings. The highest BCUT2D eigenvalue weighted by atomic mass is 32.1. The lowest BCUT2D eigenvalue weighted by Crippen LogP contribution is -2.34. The van der Waals surface area contributed by atoms with Crippen LogP contribution in [0.25, 0.3) is 0 Å². The minimum atomic E-state index is 0.293. The molecule has 1 aliphatic rings. The van der Waals surface area contributed by atoms with Crippen LogP contribution >= 0.6 is 11.3 Å². The molecule has 1 saturated heterocycles. The van der Waals surface area contributed by atoms with Crippen LogP contribution in [0.5, 0.6) is 0 Å². The zero-order valence-electron chi connectivity index (χ0n) is 8.74. The van der Waals surface area contributed by atoms with Crippen molar-refractivity contribution in [2.45, 2.75) is 18.9 Å². The molecule has 0 radical (unpaired) electrons. The van der Waals surface area contributed by atoms with Crippen molar-refractivity contribution in [1.29, 1.82) is 0 Å². The smallest absolute Gasteiger partial charge is 0.112 e. The largest absolute Gasteiger partial charge is 0.378 e. The van der Waals surface area contributed by atoms with Crippen LogP contribution in [0.4, 0.5) is 0 Å². The number of morpholine rings is 1. The van der Waals surface area contributed by atoms with E-state index in [0.717, 1.165) is 37.6 Å². The van der Waals surface area contributed by atoms with E-state index in [9.17, 15) is 0 Å². The van der Waals surface area contributed by atoms with Crippen LogP contribution < -0.4 is 5.32 Å². The van der Waals surface area contributed by atoms with Crippen LogP contribution in [0.15, 0.2) is 18.0 Å². The normalized spacial score (nSPS) is 21.5. The zero-order valence-corrected chi connectivity index (χ0v) is 9.55. The topological polar surface area (TPSA) is 34.1 Å². The number of aromatic nitrogens is 1. The molecule has 1 fully saturated rings. The van der Waals surface area contributed by atoms with Crippen LogP contribution in [-0.2, 0) is 11.2 Å². The van der Waals surface area contributed by atoms with E-state index in [1.807, 2.05) is 6.08 Å². The summed E-state index contributed by atoms with van der Waals surface area (Å²) in [7, 11) is 0. The summed E-state index contributed by atoms with van der Waals surface area (Å²) in [5, 5.41) is 6.69. The third-order valence-corrected chi connectivity index (χ3v) is 3.40. The van der Waals surface area contributed by atoms with Crippen molar-refractivity contribution in [2.75, 3.05) is 19.8 Å². The Labute approximate surface area is 94.2 Å². The van der Waals surface area contributed by atoms with Crippen LogP contribution in [0.3, 0.4) is 0 Å². The van der Waals surface area contributed by atoms with E-state index < -0.39 is 0 Å². The monoisotopic (exact) mass is 224 g/mol. The predicted molar refractivity (Wildman–Crippen MR) is 62.2 cm³/mol. The molecule has 15 heavy (non-hydrogen) atoms. The predicted octanol–water partition coefficient (Wildman–Crippen LogP) is 1.92. The van der Waals surface area contributed by atoms with Gasteiger partial charge in [0.1, 0.15) is 5.01 Å². The first-order valence-electron chi connectivity index (χ1n) is 5.26. The molecule has 0 amide bonds. The summed E-state index contributed by atoms with van der Waals surface area (Å²) >= 11 is 1.72. The van der Waals surface area contributed by atoms with Crippen molar-refractivity contribution in [2.24, 2.45) is 0 Å². The summed E-state index contributed by atoms with van der Waals surface area (Å²) in [4.78, 5) is 4.60. The molecule has 0 bridgehead atoms. The Morgan fingerprint density at radius 3 is 3.40 bits per heavy atom. The number of thiazole rings is 1. The third kappa shape index (κ3) is 2.87. The fourth-order valence-electron chi connectivity index (χ4n) is 1.57. The van der Waals surface area contributed by atoms with Gasteiger partial charge in [-0.2, -0.15) is 0 Å². The zero-order chi connectivity index (χ0) is 10.5. The number of hydrogen-bond acceptors (Lipinski definition) is 4. The number of nitrogens with zero attached hydrogens (tertiary/aromatic N) is 1. The van der Waals surface area contributed by atoms with Gasteiger partial charge in [-0.15, -0.1) is 17.9 Å². The fraction of sp³-hybridized carbons (Fsp3) is 0.545. The van der Waals surface area contributed by atoms with Crippen LogP contribution in [0.2, 0.25) is 0 Å². The molecule has 3 nitrogen and oxygen atoms in total. The van der Waals surface area contributed by atoms with Gasteiger partial charge in [0.25, 0.3) is 0 Å². The summed E-state index contributed by atoms with van der Waals surface area (Å²) in [6.45, 7) is 6.19. The van der Waals surface area contributed by atoms with Crippen molar-refractivity contribution in [3.63, 3.8) is 0 Å². The molecule has 1 N–H and O–H groups in total. The number of nitrogens with one attached hydrogen (secondary N) is 1. The Kier molecular flexibility index (Phi) is 3.88. The summed E-state index contributed by atoms with van der Waals surface area (Å²) in [5.41, 5.74) is 1.17. The van der Waals surface area contributed by atoms with Crippen molar-refractivity contribution in [1.82, 2.24) is 10.3 Å². The van der Waals surface area contributed by atoms with Gasteiger partial charge in [0, 0.05) is 11.9 Å². The van der Waals surface area contributed by atoms with E-state index in [0.29, 0.717) is 6.04 Å². The molecule has 0 aliphatic carbocycles. The first-order chi connectivity index (χ1) is 7.40. The van der Waals surface area contributed by atoms with Crippen molar-refractivity contribution >= 4 is 11.3 Å². The molecule has 0 spiro atoms. The van der Waals surface area contributed by atoms with Gasteiger partial charge < -0.3 is 10.1 Å². The lowest BCUT2D eigenvalue weighted by molar-refractivity contribution is 0.0767. The minimum Gasteiger partial charge on any atom is -0.378 e.